The lowest BCUT2D eigenvalue weighted by atomic mass is 10.0. The number of fused-ring (bicyclic) bond motifs is 1. The molecule has 0 radical (unpaired) electrons. The van der Waals surface area contributed by atoms with Gasteiger partial charge in [-0.1, -0.05) is 13.8 Å². The van der Waals surface area contributed by atoms with Crippen molar-refractivity contribution in [3.05, 3.63) is 39.6 Å². The highest BCUT2D eigenvalue weighted by Gasteiger charge is 2.32. The third kappa shape index (κ3) is 2.32. The van der Waals surface area contributed by atoms with E-state index in [1.165, 1.54) is 0 Å². The van der Waals surface area contributed by atoms with Crippen molar-refractivity contribution in [3.63, 3.8) is 0 Å². The van der Waals surface area contributed by atoms with Gasteiger partial charge in [0.05, 0.1) is 16.6 Å². The molecule has 0 fully saturated rings. The number of nitrogens with one attached hydrogen (secondary N) is 1. The zero-order valence-corrected chi connectivity index (χ0v) is 10.1. The van der Waals surface area contributed by atoms with Crippen LogP contribution in [0.25, 0.3) is 10.8 Å². The standard InChI is InChI=1S/C12H10F4N2O/c1-5(2)10-7-3-6(12(14,15)16)4-8(13)9(7)11(19)18-17-10/h3-5H,1-2H3,(H,18,19). The molecule has 1 aromatic carbocycles. The highest BCUT2D eigenvalue weighted by molar-refractivity contribution is 5.85. The molecule has 1 heterocycles. The Bertz CT molecular complexity index is 688. The summed E-state index contributed by atoms with van der Waals surface area (Å²) in [5.74, 6) is -1.45. The fraction of sp³-hybridized carbons (Fsp3) is 0.333. The van der Waals surface area contributed by atoms with Crippen LogP contribution in [-0.2, 0) is 6.18 Å². The summed E-state index contributed by atoms with van der Waals surface area (Å²) < 4.78 is 51.7. The predicted octanol–water partition coefficient (Wildman–Crippen LogP) is 3.20. The van der Waals surface area contributed by atoms with Crippen molar-refractivity contribution < 1.29 is 17.6 Å². The average molecular weight is 274 g/mol. The van der Waals surface area contributed by atoms with Crippen LogP contribution in [0.15, 0.2) is 16.9 Å². The minimum atomic E-state index is -4.67. The molecular weight excluding hydrogens is 264 g/mol. The Labute approximate surface area is 105 Å². The molecule has 0 atom stereocenters. The quantitative estimate of drug-likeness (QED) is 0.812. The van der Waals surface area contributed by atoms with E-state index in [1.54, 1.807) is 13.8 Å². The Morgan fingerprint density at radius 3 is 2.42 bits per heavy atom. The molecule has 102 valence electrons. The zero-order valence-electron chi connectivity index (χ0n) is 10.1. The van der Waals surface area contributed by atoms with Crippen molar-refractivity contribution in [1.29, 1.82) is 0 Å². The van der Waals surface area contributed by atoms with Gasteiger partial charge in [-0.3, -0.25) is 4.79 Å². The molecule has 1 aromatic heterocycles. The number of halogens is 4. The van der Waals surface area contributed by atoms with Gasteiger partial charge in [-0.25, -0.2) is 9.49 Å². The van der Waals surface area contributed by atoms with Crippen molar-refractivity contribution >= 4 is 10.8 Å². The van der Waals surface area contributed by atoms with E-state index < -0.39 is 28.5 Å². The molecule has 0 aliphatic carbocycles. The number of hydrogen-bond donors (Lipinski definition) is 1. The molecule has 0 bridgehead atoms. The minimum Gasteiger partial charge on any atom is -0.267 e. The summed E-state index contributed by atoms with van der Waals surface area (Å²) in [6.45, 7) is 3.39. The first-order chi connectivity index (χ1) is 8.71. The van der Waals surface area contributed by atoms with Crippen LogP contribution in [0.1, 0.15) is 31.0 Å². The molecule has 2 aromatic rings. The summed E-state index contributed by atoms with van der Waals surface area (Å²) in [6, 6.07) is 1.08. The number of hydrogen-bond acceptors (Lipinski definition) is 2. The van der Waals surface area contributed by atoms with Gasteiger partial charge in [-0.05, 0) is 18.1 Å². The summed E-state index contributed by atoms with van der Waals surface area (Å²) in [6.07, 6.45) is -4.67. The number of rotatable bonds is 1. The summed E-state index contributed by atoms with van der Waals surface area (Å²) >= 11 is 0. The predicted molar refractivity (Wildman–Crippen MR) is 61.4 cm³/mol. The lowest BCUT2D eigenvalue weighted by Crippen LogP contribution is -2.15. The van der Waals surface area contributed by atoms with Crippen LogP contribution in [0.5, 0.6) is 0 Å². The number of benzene rings is 1. The molecule has 7 heteroatoms. The Morgan fingerprint density at radius 2 is 1.89 bits per heavy atom. The minimum absolute atomic E-state index is 0.105. The van der Waals surface area contributed by atoms with Gasteiger partial charge in [0.15, 0.2) is 0 Å². The van der Waals surface area contributed by atoms with E-state index in [-0.39, 0.29) is 17.0 Å². The van der Waals surface area contributed by atoms with E-state index in [2.05, 4.69) is 10.2 Å². The largest absolute Gasteiger partial charge is 0.416 e. The van der Waals surface area contributed by atoms with E-state index in [0.29, 0.717) is 6.07 Å². The van der Waals surface area contributed by atoms with Crippen molar-refractivity contribution in [2.45, 2.75) is 25.9 Å². The van der Waals surface area contributed by atoms with Gasteiger partial charge in [0.1, 0.15) is 5.82 Å². The first-order valence-electron chi connectivity index (χ1n) is 5.51. The lowest BCUT2D eigenvalue weighted by Gasteiger charge is -2.12. The summed E-state index contributed by atoms with van der Waals surface area (Å²) in [7, 11) is 0. The molecule has 0 spiro atoms. The van der Waals surface area contributed by atoms with Crippen LogP contribution >= 0.6 is 0 Å². The van der Waals surface area contributed by atoms with Crippen LogP contribution in [0.2, 0.25) is 0 Å². The van der Waals surface area contributed by atoms with Crippen LogP contribution in [0.3, 0.4) is 0 Å². The normalized spacial score (nSPS) is 12.4. The fourth-order valence-corrected chi connectivity index (χ4v) is 1.87. The molecule has 2 rings (SSSR count). The van der Waals surface area contributed by atoms with Gasteiger partial charge in [0.25, 0.3) is 5.56 Å². The van der Waals surface area contributed by atoms with Crippen molar-refractivity contribution in [3.8, 4) is 0 Å². The monoisotopic (exact) mass is 274 g/mol. The number of H-pyrrole nitrogens is 1. The summed E-state index contributed by atoms with van der Waals surface area (Å²) in [5.41, 5.74) is -1.75. The molecule has 19 heavy (non-hydrogen) atoms. The van der Waals surface area contributed by atoms with Gasteiger partial charge < -0.3 is 0 Å². The van der Waals surface area contributed by atoms with Crippen molar-refractivity contribution in [1.82, 2.24) is 10.2 Å². The van der Waals surface area contributed by atoms with E-state index in [9.17, 15) is 22.4 Å². The number of nitrogens with zero attached hydrogens (tertiary/aromatic N) is 1. The van der Waals surface area contributed by atoms with E-state index in [4.69, 9.17) is 0 Å². The third-order valence-electron chi connectivity index (χ3n) is 2.75. The van der Waals surface area contributed by atoms with E-state index in [0.717, 1.165) is 6.07 Å². The average Bonchev–Trinajstić information content (AvgIpc) is 2.26. The van der Waals surface area contributed by atoms with Gasteiger partial charge in [-0.2, -0.15) is 18.3 Å². The van der Waals surface area contributed by atoms with Gasteiger partial charge >= 0.3 is 6.18 Å². The van der Waals surface area contributed by atoms with Crippen LogP contribution < -0.4 is 5.56 Å². The van der Waals surface area contributed by atoms with Crippen LogP contribution in [0.4, 0.5) is 17.6 Å². The molecule has 0 unspecified atom stereocenters. The maximum Gasteiger partial charge on any atom is 0.416 e. The maximum absolute atomic E-state index is 13.7. The highest BCUT2D eigenvalue weighted by Crippen LogP contribution is 2.33. The molecule has 0 saturated heterocycles. The zero-order chi connectivity index (χ0) is 14.4. The summed E-state index contributed by atoms with van der Waals surface area (Å²) in [5, 5.41) is 5.29. The molecule has 0 amide bonds. The topological polar surface area (TPSA) is 45.8 Å². The smallest absolute Gasteiger partial charge is 0.267 e. The Balaban J connectivity index is 2.92. The van der Waals surface area contributed by atoms with E-state index >= 15 is 0 Å². The molecule has 0 aliphatic rings. The SMILES string of the molecule is CC(C)c1n[nH]c(=O)c2c(F)cc(C(F)(F)F)cc12. The number of aromatic nitrogens is 2. The van der Waals surface area contributed by atoms with Gasteiger partial charge in [0, 0.05) is 5.39 Å². The maximum atomic E-state index is 13.7. The number of aromatic amines is 1. The molecular formula is C12H10F4N2O. The molecule has 3 nitrogen and oxygen atoms in total. The van der Waals surface area contributed by atoms with Crippen LogP contribution in [0, 0.1) is 5.82 Å². The number of alkyl halides is 3. The van der Waals surface area contributed by atoms with E-state index in [1.807, 2.05) is 0 Å². The Kier molecular flexibility index (Phi) is 3.07. The van der Waals surface area contributed by atoms with Gasteiger partial charge in [0.2, 0.25) is 0 Å². The van der Waals surface area contributed by atoms with Crippen LogP contribution in [-0.4, -0.2) is 10.2 Å². The Hall–Kier alpha value is -1.92. The fourth-order valence-electron chi connectivity index (χ4n) is 1.87. The second kappa shape index (κ2) is 4.32. The van der Waals surface area contributed by atoms with Gasteiger partial charge in [-0.15, -0.1) is 0 Å². The highest BCUT2D eigenvalue weighted by atomic mass is 19.4. The first kappa shape index (κ1) is 13.5. The third-order valence-corrected chi connectivity index (χ3v) is 2.75. The molecule has 0 saturated carbocycles. The lowest BCUT2D eigenvalue weighted by molar-refractivity contribution is -0.137. The van der Waals surface area contributed by atoms with Crippen molar-refractivity contribution in [2.24, 2.45) is 0 Å². The Morgan fingerprint density at radius 1 is 1.26 bits per heavy atom. The summed E-state index contributed by atoms with van der Waals surface area (Å²) in [4.78, 5) is 11.5. The molecule has 0 aliphatic heterocycles. The molecule has 1 N–H and O–H groups in total. The second-order valence-electron chi connectivity index (χ2n) is 4.47. The second-order valence-corrected chi connectivity index (χ2v) is 4.47. The van der Waals surface area contributed by atoms with Crippen molar-refractivity contribution in [2.75, 3.05) is 0 Å². The first-order valence-corrected chi connectivity index (χ1v) is 5.51.